The number of nitrogens with one attached hydrogen (secondary N) is 1. The van der Waals surface area contributed by atoms with E-state index in [4.69, 9.17) is 4.74 Å². The van der Waals surface area contributed by atoms with Crippen LogP contribution >= 0.6 is 11.3 Å². The topological polar surface area (TPSA) is 21.3 Å². The fraction of sp³-hybridized carbons (Fsp3) is 0.444. The zero-order valence-electron chi connectivity index (χ0n) is 13.1. The molecule has 1 aromatic carbocycles. The van der Waals surface area contributed by atoms with Crippen molar-refractivity contribution < 1.29 is 4.74 Å². The van der Waals surface area contributed by atoms with Crippen molar-refractivity contribution in [3.05, 3.63) is 52.2 Å². The molecule has 2 aromatic rings. The molecule has 1 atom stereocenters. The molecule has 0 saturated heterocycles. The van der Waals surface area contributed by atoms with Gasteiger partial charge in [0.15, 0.2) is 0 Å². The van der Waals surface area contributed by atoms with Gasteiger partial charge in [0.25, 0.3) is 0 Å². The van der Waals surface area contributed by atoms with Crippen LogP contribution < -0.4 is 10.1 Å². The van der Waals surface area contributed by atoms with Crippen molar-refractivity contribution in [2.75, 3.05) is 13.7 Å². The monoisotopic (exact) mass is 303 g/mol. The van der Waals surface area contributed by atoms with Crippen molar-refractivity contribution in [2.24, 2.45) is 5.92 Å². The van der Waals surface area contributed by atoms with Gasteiger partial charge in [0.1, 0.15) is 5.75 Å². The van der Waals surface area contributed by atoms with Gasteiger partial charge in [-0.3, -0.25) is 0 Å². The molecule has 21 heavy (non-hydrogen) atoms. The summed E-state index contributed by atoms with van der Waals surface area (Å²) in [6.07, 6.45) is 2.24. The van der Waals surface area contributed by atoms with E-state index in [2.05, 4.69) is 48.8 Å². The van der Waals surface area contributed by atoms with Gasteiger partial charge in [0, 0.05) is 10.9 Å². The molecule has 1 unspecified atom stereocenters. The van der Waals surface area contributed by atoms with Crippen molar-refractivity contribution in [1.29, 1.82) is 0 Å². The number of hydrogen-bond donors (Lipinski definition) is 1. The third kappa shape index (κ3) is 5.52. The summed E-state index contributed by atoms with van der Waals surface area (Å²) in [6.45, 7) is 5.47. The average molecular weight is 303 g/mol. The first-order valence-electron chi connectivity index (χ1n) is 7.56. The number of benzene rings is 1. The van der Waals surface area contributed by atoms with Crippen molar-refractivity contribution in [2.45, 2.75) is 32.7 Å². The molecule has 0 aliphatic carbocycles. The zero-order chi connectivity index (χ0) is 15.1. The van der Waals surface area contributed by atoms with Crippen LogP contribution in [0, 0.1) is 5.92 Å². The Morgan fingerprint density at radius 2 is 1.86 bits per heavy atom. The second-order valence-corrected chi connectivity index (χ2v) is 6.80. The second kappa shape index (κ2) is 8.20. The van der Waals surface area contributed by atoms with Crippen LogP contribution in [0.15, 0.2) is 41.8 Å². The summed E-state index contributed by atoms with van der Waals surface area (Å²) in [5.74, 6) is 1.55. The number of methoxy groups -OCH3 is 1. The number of rotatable bonds is 8. The lowest BCUT2D eigenvalue weighted by molar-refractivity contribution is 0.414. The van der Waals surface area contributed by atoms with E-state index in [1.807, 2.05) is 23.5 Å². The molecule has 0 amide bonds. The van der Waals surface area contributed by atoms with E-state index in [1.165, 1.54) is 10.4 Å². The smallest absolute Gasteiger partial charge is 0.118 e. The largest absolute Gasteiger partial charge is 0.497 e. The highest BCUT2D eigenvalue weighted by molar-refractivity contribution is 7.09. The highest BCUT2D eigenvalue weighted by Crippen LogP contribution is 2.20. The molecule has 3 heteroatoms. The van der Waals surface area contributed by atoms with E-state index < -0.39 is 0 Å². The standard InChI is InChI=1S/C18H25NOS/c1-14(2)19-13-16(12-18-5-4-10-21-18)11-15-6-8-17(20-3)9-7-15/h4-10,14,16,19H,11-13H2,1-3H3. The van der Waals surface area contributed by atoms with E-state index in [1.54, 1.807) is 7.11 Å². The van der Waals surface area contributed by atoms with Gasteiger partial charge in [0.2, 0.25) is 0 Å². The Kier molecular flexibility index (Phi) is 6.27. The Balaban J connectivity index is 1.99. The van der Waals surface area contributed by atoms with Gasteiger partial charge in [-0.1, -0.05) is 32.0 Å². The van der Waals surface area contributed by atoms with Crippen LogP contribution in [0.3, 0.4) is 0 Å². The Morgan fingerprint density at radius 1 is 1.10 bits per heavy atom. The fourth-order valence-electron chi connectivity index (χ4n) is 2.43. The molecule has 0 aliphatic heterocycles. The summed E-state index contributed by atoms with van der Waals surface area (Å²) in [7, 11) is 1.71. The second-order valence-electron chi connectivity index (χ2n) is 5.76. The lowest BCUT2D eigenvalue weighted by Gasteiger charge is -2.19. The Morgan fingerprint density at radius 3 is 2.43 bits per heavy atom. The minimum atomic E-state index is 0.534. The lowest BCUT2D eigenvalue weighted by Crippen LogP contribution is -2.30. The molecular weight excluding hydrogens is 278 g/mol. The van der Waals surface area contributed by atoms with Gasteiger partial charge < -0.3 is 10.1 Å². The van der Waals surface area contributed by atoms with E-state index in [9.17, 15) is 0 Å². The van der Waals surface area contributed by atoms with Gasteiger partial charge in [-0.2, -0.15) is 0 Å². The minimum Gasteiger partial charge on any atom is -0.497 e. The summed E-state index contributed by atoms with van der Waals surface area (Å²) < 4.78 is 5.23. The summed E-state index contributed by atoms with van der Waals surface area (Å²) in [5.41, 5.74) is 1.38. The van der Waals surface area contributed by atoms with Crippen LogP contribution in [0.1, 0.15) is 24.3 Å². The summed E-state index contributed by atoms with van der Waals surface area (Å²) in [5, 5.41) is 5.74. The Labute approximate surface area is 132 Å². The highest BCUT2D eigenvalue weighted by Gasteiger charge is 2.12. The third-order valence-corrected chi connectivity index (χ3v) is 4.47. The normalized spacial score (nSPS) is 12.6. The Hall–Kier alpha value is -1.32. The lowest BCUT2D eigenvalue weighted by atomic mass is 9.95. The van der Waals surface area contributed by atoms with Gasteiger partial charge in [-0.05, 0) is 54.4 Å². The molecule has 114 valence electrons. The van der Waals surface area contributed by atoms with E-state index in [-0.39, 0.29) is 0 Å². The van der Waals surface area contributed by atoms with Crippen molar-refractivity contribution in [1.82, 2.24) is 5.32 Å². The molecule has 1 aromatic heterocycles. The molecular formula is C18H25NOS. The minimum absolute atomic E-state index is 0.534. The van der Waals surface area contributed by atoms with Crippen LogP contribution in [0.25, 0.3) is 0 Å². The number of ether oxygens (including phenoxy) is 1. The maximum absolute atomic E-state index is 5.23. The van der Waals surface area contributed by atoms with E-state index in [0.717, 1.165) is 25.1 Å². The molecule has 0 bridgehead atoms. The van der Waals surface area contributed by atoms with Crippen LogP contribution in [0.4, 0.5) is 0 Å². The van der Waals surface area contributed by atoms with Gasteiger partial charge >= 0.3 is 0 Å². The molecule has 2 rings (SSSR count). The molecule has 2 nitrogen and oxygen atoms in total. The Bertz CT molecular complexity index is 505. The first-order valence-corrected chi connectivity index (χ1v) is 8.44. The first kappa shape index (κ1) is 16.1. The molecule has 0 aliphatic rings. The molecule has 0 radical (unpaired) electrons. The summed E-state index contributed by atoms with van der Waals surface area (Å²) >= 11 is 1.85. The molecule has 0 spiro atoms. The maximum Gasteiger partial charge on any atom is 0.118 e. The first-order chi connectivity index (χ1) is 10.2. The van der Waals surface area contributed by atoms with Crippen molar-refractivity contribution in [3.8, 4) is 5.75 Å². The van der Waals surface area contributed by atoms with Crippen LogP contribution in [-0.4, -0.2) is 19.7 Å². The number of hydrogen-bond acceptors (Lipinski definition) is 3. The molecule has 1 N–H and O–H groups in total. The predicted molar refractivity (Wildman–Crippen MR) is 91.3 cm³/mol. The van der Waals surface area contributed by atoms with E-state index >= 15 is 0 Å². The van der Waals surface area contributed by atoms with Crippen molar-refractivity contribution >= 4 is 11.3 Å². The SMILES string of the molecule is COc1ccc(CC(CNC(C)C)Cc2cccs2)cc1. The van der Waals surface area contributed by atoms with Gasteiger partial charge in [-0.15, -0.1) is 11.3 Å². The van der Waals surface area contributed by atoms with Gasteiger partial charge in [0.05, 0.1) is 7.11 Å². The van der Waals surface area contributed by atoms with E-state index in [0.29, 0.717) is 12.0 Å². The average Bonchev–Trinajstić information content (AvgIpc) is 2.98. The molecule has 0 saturated carbocycles. The summed E-state index contributed by atoms with van der Waals surface area (Å²) in [4.78, 5) is 1.47. The van der Waals surface area contributed by atoms with Crippen molar-refractivity contribution in [3.63, 3.8) is 0 Å². The number of thiophene rings is 1. The quantitative estimate of drug-likeness (QED) is 0.791. The van der Waals surface area contributed by atoms with Crippen LogP contribution in [0.5, 0.6) is 5.75 Å². The highest BCUT2D eigenvalue weighted by atomic mass is 32.1. The molecule has 1 heterocycles. The summed E-state index contributed by atoms with van der Waals surface area (Å²) in [6, 6.07) is 13.4. The van der Waals surface area contributed by atoms with Crippen LogP contribution in [-0.2, 0) is 12.8 Å². The molecule has 0 fully saturated rings. The maximum atomic E-state index is 5.23. The zero-order valence-corrected chi connectivity index (χ0v) is 14.0. The van der Waals surface area contributed by atoms with Crippen LogP contribution in [0.2, 0.25) is 0 Å². The third-order valence-electron chi connectivity index (χ3n) is 3.57. The predicted octanol–water partition coefficient (Wildman–Crippen LogP) is 4.16. The fourth-order valence-corrected chi connectivity index (χ4v) is 3.25. The van der Waals surface area contributed by atoms with Gasteiger partial charge in [-0.25, -0.2) is 0 Å².